The average Bonchev–Trinajstić information content (AvgIpc) is 2.89. The molecule has 2 aliphatic rings. The van der Waals surface area contributed by atoms with E-state index in [2.05, 4.69) is 22.8 Å². The van der Waals surface area contributed by atoms with Crippen LogP contribution in [0.25, 0.3) is 0 Å². The van der Waals surface area contributed by atoms with Crippen LogP contribution < -0.4 is 5.32 Å². The second-order valence-electron chi connectivity index (χ2n) is 5.77. The van der Waals surface area contributed by atoms with E-state index in [1.54, 1.807) is 0 Å². The van der Waals surface area contributed by atoms with Crippen molar-refractivity contribution in [2.45, 2.75) is 57.5 Å². The van der Waals surface area contributed by atoms with E-state index >= 15 is 0 Å². The fraction of sp³-hybridized carbons (Fsp3) is 0.733. The molecule has 17 heavy (non-hydrogen) atoms. The smallest absolute Gasteiger partial charge is 0.0302 e. The largest absolute Gasteiger partial charge is 0.309 e. The van der Waals surface area contributed by atoms with Crippen molar-refractivity contribution in [1.29, 1.82) is 0 Å². The molecule has 0 bridgehead atoms. The van der Waals surface area contributed by atoms with Crippen molar-refractivity contribution in [2.75, 3.05) is 0 Å². The Bertz CT molecular complexity index is 333. The lowest BCUT2D eigenvalue weighted by molar-refractivity contribution is 0.143. The predicted octanol–water partition coefficient (Wildman–Crippen LogP) is 4.20. The first-order valence-electron chi connectivity index (χ1n) is 7.17. The van der Waals surface area contributed by atoms with Crippen molar-refractivity contribution in [1.82, 2.24) is 5.32 Å². The van der Waals surface area contributed by atoms with E-state index in [4.69, 9.17) is 0 Å². The maximum Gasteiger partial charge on any atom is 0.0302 e. The summed E-state index contributed by atoms with van der Waals surface area (Å²) in [5, 5.41) is 5.94. The molecule has 3 unspecified atom stereocenters. The van der Waals surface area contributed by atoms with Gasteiger partial charge in [0.2, 0.25) is 0 Å². The fourth-order valence-corrected chi connectivity index (χ4v) is 4.37. The molecule has 2 saturated carbocycles. The molecule has 3 rings (SSSR count). The minimum Gasteiger partial charge on any atom is -0.309 e. The van der Waals surface area contributed by atoms with Crippen molar-refractivity contribution < 1.29 is 0 Å². The topological polar surface area (TPSA) is 12.0 Å². The van der Waals surface area contributed by atoms with Crippen LogP contribution in [0, 0.1) is 11.8 Å². The van der Waals surface area contributed by atoms with Crippen LogP contribution >= 0.6 is 11.3 Å². The zero-order chi connectivity index (χ0) is 11.5. The number of hydrogen-bond donors (Lipinski definition) is 1. The monoisotopic (exact) mass is 249 g/mol. The fourth-order valence-electron chi connectivity index (χ4n) is 3.72. The second kappa shape index (κ2) is 5.53. The van der Waals surface area contributed by atoms with Crippen LogP contribution in [-0.2, 0) is 6.54 Å². The first kappa shape index (κ1) is 11.7. The first-order chi connectivity index (χ1) is 8.42. The molecule has 0 spiro atoms. The molecule has 1 N–H and O–H groups in total. The van der Waals surface area contributed by atoms with Gasteiger partial charge in [-0.15, -0.1) is 11.3 Å². The van der Waals surface area contributed by atoms with Gasteiger partial charge in [0.1, 0.15) is 0 Å². The third-order valence-corrected chi connectivity index (χ3v) is 5.56. The maximum atomic E-state index is 3.77. The number of thiophene rings is 1. The molecule has 1 nitrogen and oxygen atoms in total. The van der Waals surface area contributed by atoms with Crippen LogP contribution in [0.5, 0.6) is 0 Å². The molecule has 0 aliphatic heterocycles. The molecular formula is C15H23NS. The molecule has 2 heteroatoms. The zero-order valence-corrected chi connectivity index (χ0v) is 11.3. The van der Waals surface area contributed by atoms with Crippen LogP contribution in [0.15, 0.2) is 17.5 Å². The van der Waals surface area contributed by atoms with Gasteiger partial charge in [-0.05, 0) is 42.5 Å². The standard InChI is InChI=1S/C15H23NS/c1-2-5-13-10-14(8-7-12(13)4-1)16-11-15-6-3-9-17-15/h3,6,9,12-14,16H,1-2,4-5,7-8,10-11H2. The quantitative estimate of drug-likeness (QED) is 0.846. The number of nitrogens with one attached hydrogen (secondary N) is 1. The normalized spacial score (nSPS) is 33.3. The van der Waals surface area contributed by atoms with E-state index in [-0.39, 0.29) is 0 Å². The van der Waals surface area contributed by atoms with Crippen molar-refractivity contribution in [3.05, 3.63) is 22.4 Å². The van der Waals surface area contributed by atoms with Gasteiger partial charge in [0.25, 0.3) is 0 Å². The average molecular weight is 249 g/mol. The highest BCUT2D eigenvalue weighted by Gasteiger charge is 2.31. The lowest BCUT2D eigenvalue weighted by Crippen LogP contribution is -2.38. The van der Waals surface area contributed by atoms with Gasteiger partial charge in [-0.2, -0.15) is 0 Å². The minimum absolute atomic E-state index is 0.788. The molecule has 2 aliphatic carbocycles. The SMILES string of the molecule is c1csc(CNC2CCC3CCCCC3C2)c1. The molecule has 0 amide bonds. The number of hydrogen-bond acceptors (Lipinski definition) is 2. The van der Waals surface area contributed by atoms with Crippen molar-refractivity contribution in [3.8, 4) is 0 Å². The third-order valence-electron chi connectivity index (χ3n) is 4.68. The van der Waals surface area contributed by atoms with Gasteiger partial charge in [0.05, 0.1) is 0 Å². The Labute approximate surface area is 109 Å². The van der Waals surface area contributed by atoms with Crippen LogP contribution in [-0.4, -0.2) is 6.04 Å². The van der Waals surface area contributed by atoms with Gasteiger partial charge in [-0.25, -0.2) is 0 Å². The Balaban J connectivity index is 1.48. The first-order valence-corrected chi connectivity index (χ1v) is 8.05. The summed E-state index contributed by atoms with van der Waals surface area (Å²) >= 11 is 1.87. The summed E-state index contributed by atoms with van der Waals surface area (Å²) in [7, 11) is 0. The third kappa shape index (κ3) is 2.92. The Morgan fingerprint density at radius 3 is 2.82 bits per heavy atom. The molecular weight excluding hydrogens is 226 g/mol. The van der Waals surface area contributed by atoms with E-state index in [1.807, 2.05) is 11.3 Å². The lowest BCUT2D eigenvalue weighted by atomic mass is 9.69. The lowest BCUT2D eigenvalue weighted by Gasteiger charge is -2.39. The summed E-state index contributed by atoms with van der Waals surface area (Å²) in [5.41, 5.74) is 0. The summed E-state index contributed by atoms with van der Waals surface area (Å²) in [5.74, 6) is 2.11. The second-order valence-corrected chi connectivity index (χ2v) is 6.81. The minimum atomic E-state index is 0.788. The van der Waals surface area contributed by atoms with Gasteiger partial charge in [-0.1, -0.05) is 31.7 Å². The van der Waals surface area contributed by atoms with E-state index in [0.29, 0.717) is 0 Å². The molecule has 1 heterocycles. The molecule has 0 radical (unpaired) electrons. The van der Waals surface area contributed by atoms with Crippen LogP contribution in [0.1, 0.15) is 49.8 Å². The van der Waals surface area contributed by atoms with E-state index in [1.165, 1.54) is 49.8 Å². The number of rotatable bonds is 3. The molecule has 0 aromatic carbocycles. The van der Waals surface area contributed by atoms with E-state index in [9.17, 15) is 0 Å². The van der Waals surface area contributed by atoms with Gasteiger partial charge in [0.15, 0.2) is 0 Å². The van der Waals surface area contributed by atoms with Gasteiger partial charge >= 0.3 is 0 Å². The molecule has 3 atom stereocenters. The van der Waals surface area contributed by atoms with Crippen LogP contribution in [0.4, 0.5) is 0 Å². The maximum absolute atomic E-state index is 3.77. The van der Waals surface area contributed by atoms with Gasteiger partial charge in [-0.3, -0.25) is 0 Å². The molecule has 2 fully saturated rings. The highest BCUT2D eigenvalue weighted by atomic mass is 32.1. The summed E-state index contributed by atoms with van der Waals surface area (Å²) in [4.78, 5) is 1.48. The predicted molar refractivity (Wildman–Crippen MR) is 74.2 cm³/mol. The molecule has 1 aromatic rings. The highest BCUT2D eigenvalue weighted by molar-refractivity contribution is 7.09. The van der Waals surface area contributed by atoms with Crippen LogP contribution in [0.3, 0.4) is 0 Å². The number of fused-ring (bicyclic) bond motifs is 1. The van der Waals surface area contributed by atoms with Crippen molar-refractivity contribution in [2.24, 2.45) is 11.8 Å². The highest BCUT2D eigenvalue weighted by Crippen LogP contribution is 2.40. The van der Waals surface area contributed by atoms with Gasteiger partial charge < -0.3 is 5.32 Å². The molecule has 0 saturated heterocycles. The molecule has 94 valence electrons. The van der Waals surface area contributed by atoms with E-state index in [0.717, 1.165) is 24.4 Å². The Kier molecular flexibility index (Phi) is 3.82. The Morgan fingerprint density at radius 2 is 2.00 bits per heavy atom. The van der Waals surface area contributed by atoms with E-state index < -0.39 is 0 Å². The summed E-state index contributed by atoms with van der Waals surface area (Å²) < 4.78 is 0. The van der Waals surface area contributed by atoms with Crippen molar-refractivity contribution >= 4 is 11.3 Å². The summed E-state index contributed by atoms with van der Waals surface area (Å²) in [6.45, 7) is 1.08. The molecule has 1 aromatic heterocycles. The van der Waals surface area contributed by atoms with Crippen molar-refractivity contribution in [3.63, 3.8) is 0 Å². The Morgan fingerprint density at radius 1 is 1.12 bits per heavy atom. The van der Waals surface area contributed by atoms with Crippen LogP contribution in [0.2, 0.25) is 0 Å². The summed E-state index contributed by atoms with van der Waals surface area (Å²) in [6.07, 6.45) is 10.3. The Hall–Kier alpha value is -0.340. The summed E-state index contributed by atoms with van der Waals surface area (Å²) in [6, 6.07) is 5.18. The van der Waals surface area contributed by atoms with Gasteiger partial charge in [0, 0.05) is 17.5 Å². The zero-order valence-electron chi connectivity index (χ0n) is 10.5.